The molecule has 12 heavy (non-hydrogen) atoms. The smallest absolute Gasteiger partial charge is 0.250 e. The molecule has 0 N–H and O–H groups in total. The second-order valence-corrected chi connectivity index (χ2v) is 2.71. The van der Waals surface area contributed by atoms with E-state index in [1.807, 2.05) is 30.3 Å². The van der Waals surface area contributed by atoms with Gasteiger partial charge in [-0.15, -0.1) is 0 Å². The van der Waals surface area contributed by atoms with Gasteiger partial charge in [0.05, 0.1) is 6.42 Å². The second kappa shape index (κ2) is 2.81. The summed E-state index contributed by atoms with van der Waals surface area (Å²) in [5.41, 5.74) is 2.15. The Balaban J connectivity index is 2.48. The van der Waals surface area contributed by atoms with E-state index in [0.29, 0.717) is 6.42 Å². The van der Waals surface area contributed by atoms with Crippen molar-refractivity contribution in [3.05, 3.63) is 41.6 Å². The van der Waals surface area contributed by atoms with Gasteiger partial charge in [-0.1, -0.05) is 24.3 Å². The van der Waals surface area contributed by atoms with Gasteiger partial charge in [-0.3, -0.25) is 4.79 Å². The van der Waals surface area contributed by atoms with Crippen molar-refractivity contribution in [2.45, 2.75) is 6.42 Å². The summed E-state index contributed by atoms with van der Waals surface area (Å²) in [7, 11) is 0. The van der Waals surface area contributed by atoms with Crippen molar-refractivity contribution in [1.82, 2.24) is 5.32 Å². The Bertz CT molecular complexity index is 341. The van der Waals surface area contributed by atoms with Crippen molar-refractivity contribution < 1.29 is 4.79 Å². The average Bonchev–Trinajstić information content (AvgIpc) is 2.25. The molecule has 2 rings (SSSR count). The molecule has 59 valence electrons. The van der Waals surface area contributed by atoms with Crippen LogP contribution in [0.15, 0.2) is 30.5 Å². The predicted octanol–water partition coefficient (Wildman–Crippen LogP) is 1.34. The molecule has 1 heterocycles. The Morgan fingerprint density at radius 3 is 3.00 bits per heavy atom. The van der Waals surface area contributed by atoms with Crippen LogP contribution in [0.3, 0.4) is 0 Å². The molecule has 0 aliphatic carbocycles. The molecule has 0 atom stereocenters. The number of nitrogens with zero attached hydrogens (tertiary/aromatic N) is 1. The SMILES string of the molecule is O=C1Cc2ccccc2C=C[N]1. The number of carbonyl (C=O) groups excluding carboxylic acids is 1. The lowest BCUT2D eigenvalue weighted by Gasteiger charge is -1.99. The molecule has 0 unspecified atom stereocenters. The quantitative estimate of drug-likeness (QED) is 0.560. The summed E-state index contributed by atoms with van der Waals surface area (Å²) in [5.74, 6) is -0.0730. The van der Waals surface area contributed by atoms with Gasteiger partial charge in [0.15, 0.2) is 0 Å². The maximum atomic E-state index is 11.0. The lowest BCUT2D eigenvalue weighted by atomic mass is 10.1. The first-order valence-corrected chi connectivity index (χ1v) is 3.84. The van der Waals surface area contributed by atoms with Crippen LogP contribution >= 0.6 is 0 Å². The van der Waals surface area contributed by atoms with Crippen molar-refractivity contribution in [1.29, 1.82) is 0 Å². The van der Waals surface area contributed by atoms with Gasteiger partial charge in [-0.25, -0.2) is 5.32 Å². The largest absolute Gasteiger partial charge is 0.272 e. The molecule has 1 amide bonds. The molecule has 1 aromatic rings. The molecule has 2 nitrogen and oxygen atoms in total. The van der Waals surface area contributed by atoms with Crippen LogP contribution < -0.4 is 5.32 Å². The monoisotopic (exact) mass is 158 g/mol. The van der Waals surface area contributed by atoms with E-state index in [2.05, 4.69) is 5.32 Å². The summed E-state index contributed by atoms with van der Waals surface area (Å²) in [6.07, 6.45) is 3.84. The van der Waals surface area contributed by atoms with Gasteiger partial charge >= 0.3 is 0 Å². The van der Waals surface area contributed by atoms with Crippen LogP contribution in [0.25, 0.3) is 6.08 Å². The van der Waals surface area contributed by atoms with Crippen LogP contribution in [0.2, 0.25) is 0 Å². The highest BCUT2D eigenvalue weighted by Crippen LogP contribution is 2.13. The zero-order valence-electron chi connectivity index (χ0n) is 6.53. The summed E-state index contributed by atoms with van der Waals surface area (Å²) >= 11 is 0. The summed E-state index contributed by atoms with van der Waals surface area (Å²) in [6.45, 7) is 0. The van der Waals surface area contributed by atoms with E-state index in [1.165, 1.54) is 0 Å². The number of hydrogen-bond acceptors (Lipinski definition) is 1. The van der Waals surface area contributed by atoms with Gasteiger partial charge in [-0.2, -0.15) is 0 Å². The molecule has 0 bridgehead atoms. The number of hydrogen-bond donors (Lipinski definition) is 0. The molecule has 1 aliphatic heterocycles. The number of amides is 1. The summed E-state index contributed by atoms with van der Waals surface area (Å²) in [4.78, 5) is 11.0. The number of rotatable bonds is 0. The van der Waals surface area contributed by atoms with Crippen LogP contribution in [0.1, 0.15) is 11.1 Å². The van der Waals surface area contributed by atoms with Gasteiger partial charge in [-0.05, 0) is 17.2 Å². The highest BCUT2D eigenvalue weighted by atomic mass is 16.1. The number of carbonyl (C=O) groups is 1. The third-order valence-corrected chi connectivity index (χ3v) is 1.87. The average molecular weight is 158 g/mol. The van der Waals surface area contributed by atoms with Gasteiger partial charge in [0.25, 0.3) is 0 Å². The van der Waals surface area contributed by atoms with E-state index < -0.39 is 0 Å². The zero-order chi connectivity index (χ0) is 8.39. The van der Waals surface area contributed by atoms with E-state index in [1.54, 1.807) is 6.20 Å². The fourth-order valence-corrected chi connectivity index (χ4v) is 1.27. The van der Waals surface area contributed by atoms with Crippen LogP contribution in [-0.4, -0.2) is 5.91 Å². The first-order valence-electron chi connectivity index (χ1n) is 3.84. The molecule has 1 aliphatic rings. The van der Waals surface area contributed by atoms with Gasteiger partial charge in [0.1, 0.15) is 0 Å². The molecule has 0 fully saturated rings. The molecule has 0 spiro atoms. The van der Waals surface area contributed by atoms with Crippen molar-refractivity contribution in [2.24, 2.45) is 0 Å². The Kier molecular flexibility index (Phi) is 1.67. The van der Waals surface area contributed by atoms with Crippen LogP contribution in [-0.2, 0) is 11.2 Å². The molecule has 0 aromatic heterocycles. The molecule has 0 saturated heterocycles. The zero-order valence-corrected chi connectivity index (χ0v) is 6.53. The first kappa shape index (κ1) is 7.10. The minimum absolute atomic E-state index is 0.0730. The second-order valence-electron chi connectivity index (χ2n) is 2.71. The molecule has 2 heteroatoms. The Labute approximate surface area is 70.9 Å². The van der Waals surface area contributed by atoms with E-state index in [0.717, 1.165) is 11.1 Å². The molecular weight excluding hydrogens is 150 g/mol. The summed E-state index contributed by atoms with van der Waals surface area (Å²) in [5, 5.41) is 3.72. The molecular formula is C10H8NO. The van der Waals surface area contributed by atoms with E-state index in [4.69, 9.17) is 0 Å². The summed E-state index contributed by atoms with van der Waals surface area (Å²) in [6, 6.07) is 7.84. The fraction of sp³-hybridized carbons (Fsp3) is 0.100. The Morgan fingerprint density at radius 1 is 1.25 bits per heavy atom. The van der Waals surface area contributed by atoms with Crippen LogP contribution in [0.5, 0.6) is 0 Å². The van der Waals surface area contributed by atoms with Gasteiger partial charge < -0.3 is 0 Å². The minimum atomic E-state index is -0.0730. The third-order valence-electron chi connectivity index (χ3n) is 1.87. The number of fused-ring (bicyclic) bond motifs is 1. The maximum Gasteiger partial charge on any atom is 0.250 e. The molecule has 0 saturated carbocycles. The highest BCUT2D eigenvalue weighted by molar-refractivity contribution is 5.82. The standard InChI is InChI=1S/C10H8NO/c12-10-7-9-4-2-1-3-8(9)5-6-11-10/h1-6H,7H2. The van der Waals surface area contributed by atoms with Crippen molar-refractivity contribution >= 4 is 12.0 Å². The Morgan fingerprint density at radius 2 is 2.08 bits per heavy atom. The van der Waals surface area contributed by atoms with Crippen molar-refractivity contribution in [3.63, 3.8) is 0 Å². The van der Waals surface area contributed by atoms with Crippen LogP contribution in [0, 0.1) is 0 Å². The van der Waals surface area contributed by atoms with Crippen molar-refractivity contribution in [3.8, 4) is 0 Å². The van der Waals surface area contributed by atoms with E-state index >= 15 is 0 Å². The lowest BCUT2D eigenvalue weighted by Crippen LogP contribution is -2.10. The van der Waals surface area contributed by atoms with Gasteiger partial charge in [0, 0.05) is 6.20 Å². The fourth-order valence-electron chi connectivity index (χ4n) is 1.27. The topological polar surface area (TPSA) is 31.2 Å². The first-order chi connectivity index (χ1) is 5.86. The van der Waals surface area contributed by atoms with Crippen LogP contribution in [0.4, 0.5) is 0 Å². The lowest BCUT2D eigenvalue weighted by molar-refractivity contribution is -0.119. The predicted molar refractivity (Wildman–Crippen MR) is 46.3 cm³/mol. The molecule has 1 radical (unpaired) electrons. The number of benzene rings is 1. The summed E-state index contributed by atoms with van der Waals surface area (Å²) < 4.78 is 0. The third kappa shape index (κ3) is 1.23. The van der Waals surface area contributed by atoms with E-state index in [-0.39, 0.29) is 5.91 Å². The normalized spacial score (nSPS) is 14.8. The molecule has 1 aromatic carbocycles. The Hall–Kier alpha value is -1.57. The van der Waals surface area contributed by atoms with Gasteiger partial charge in [0.2, 0.25) is 5.91 Å². The maximum absolute atomic E-state index is 11.0. The van der Waals surface area contributed by atoms with Crippen molar-refractivity contribution in [2.75, 3.05) is 0 Å². The highest BCUT2D eigenvalue weighted by Gasteiger charge is 2.08. The minimum Gasteiger partial charge on any atom is -0.272 e. The van der Waals surface area contributed by atoms with E-state index in [9.17, 15) is 4.79 Å².